The lowest BCUT2D eigenvalue weighted by Gasteiger charge is -2.22. The van der Waals surface area contributed by atoms with E-state index in [1.165, 1.54) is 4.90 Å². The first-order chi connectivity index (χ1) is 15.9. The van der Waals surface area contributed by atoms with Gasteiger partial charge in [0.2, 0.25) is 0 Å². The molecule has 0 aliphatic heterocycles. The molecule has 0 fully saturated rings. The third kappa shape index (κ3) is 5.98. The van der Waals surface area contributed by atoms with E-state index in [1.54, 1.807) is 61.5 Å². The van der Waals surface area contributed by atoms with Crippen LogP contribution in [0.25, 0.3) is 0 Å². The number of hydrogen-bond donors (Lipinski definition) is 0. The molecule has 0 unspecified atom stereocenters. The first kappa shape index (κ1) is 23.6. The van der Waals surface area contributed by atoms with Crippen molar-refractivity contribution in [1.29, 1.82) is 5.26 Å². The summed E-state index contributed by atoms with van der Waals surface area (Å²) in [5.74, 6) is 0.407. The van der Waals surface area contributed by atoms with E-state index in [9.17, 15) is 14.9 Å². The van der Waals surface area contributed by atoms with Crippen LogP contribution in [0, 0.1) is 11.3 Å². The van der Waals surface area contributed by atoms with Gasteiger partial charge in [-0.2, -0.15) is 5.26 Å². The maximum atomic E-state index is 13.1. The molecule has 0 saturated carbocycles. The van der Waals surface area contributed by atoms with Crippen LogP contribution in [0.15, 0.2) is 72.8 Å². The van der Waals surface area contributed by atoms with Crippen molar-refractivity contribution in [3.8, 4) is 11.8 Å². The molecule has 3 aromatic carbocycles. The molecule has 0 bridgehead atoms. The van der Waals surface area contributed by atoms with E-state index in [2.05, 4.69) is 6.07 Å². The highest BCUT2D eigenvalue weighted by atomic mass is 16.5. The number of nitrogens with zero attached hydrogens (tertiary/aromatic N) is 3. The SMILES string of the molecule is CCN(Cc1ccc(C(=O)N(C)C)cc1)C(=O)c1cccc(OCc2ccccc2C#N)c1. The Kier molecular flexibility index (Phi) is 7.82. The Morgan fingerprint density at radius 2 is 1.64 bits per heavy atom. The minimum atomic E-state index is -0.103. The highest BCUT2D eigenvalue weighted by molar-refractivity contribution is 5.95. The number of benzene rings is 3. The number of carbonyl (C=O) groups excluding carboxylic acids is 2. The molecule has 0 N–H and O–H groups in total. The number of nitriles is 1. The first-order valence-electron chi connectivity index (χ1n) is 10.7. The lowest BCUT2D eigenvalue weighted by atomic mass is 10.1. The van der Waals surface area contributed by atoms with Gasteiger partial charge in [-0.25, -0.2) is 0 Å². The number of carbonyl (C=O) groups is 2. The molecule has 0 radical (unpaired) electrons. The van der Waals surface area contributed by atoms with Crippen molar-refractivity contribution in [2.45, 2.75) is 20.1 Å². The van der Waals surface area contributed by atoms with Gasteiger partial charge in [0.25, 0.3) is 11.8 Å². The third-order valence-electron chi connectivity index (χ3n) is 5.26. The number of ether oxygens (including phenoxy) is 1. The largest absolute Gasteiger partial charge is 0.489 e. The average molecular weight is 442 g/mol. The summed E-state index contributed by atoms with van der Waals surface area (Å²) in [7, 11) is 3.43. The second-order valence-electron chi connectivity index (χ2n) is 7.80. The van der Waals surface area contributed by atoms with Crippen LogP contribution in [0.1, 0.15) is 44.3 Å². The molecular formula is C27H27N3O3. The van der Waals surface area contributed by atoms with Crippen molar-refractivity contribution >= 4 is 11.8 Å². The zero-order valence-electron chi connectivity index (χ0n) is 19.1. The van der Waals surface area contributed by atoms with E-state index in [0.717, 1.165) is 11.1 Å². The fourth-order valence-electron chi connectivity index (χ4n) is 3.38. The molecule has 3 aromatic rings. The minimum absolute atomic E-state index is 0.0563. The summed E-state index contributed by atoms with van der Waals surface area (Å²) < 4.78 is 5.85. The van der Waals surface area contributed by atoms with Gasteiger partial charge in [-0.3, -0.25) is 9.59 Å². The highest BCUT2D eigenvalue weighted by Gasteiger charge is 2.16. The maximum Gasteiger partial charge on any atom is 0.254 e. The molecular weight excluding hydrogens is 414 g/mol. The fraction of sp³-hybridized carbons (Fsp3) is 0.222. The van der Waals surface area contributed by atoms with Gasteiger partial charge in [0.05, 0.1) is 11.6 Å². The van der Waals surface area contributed by atoms with Crippen LogP contribution in [0.4, 0.5) is 0 Å². The Labute approximate surface area is 194 Å². The predicted molar refractivity (Wildman–Crippen MR) is 127 cm³/mol. The summed E-state index contributed by atoms with van der Waals surface area (Å²) >= 11 is 0. The summed E-state index contributed by atoms with van der Waals surface area (Å²) in [6.45, 7) is 3.15. The van der Waals surface area contributed by atoms with Crippen molar-refractivity contribution in [3.05, 3.63) is 101 Å². The molecule has 0 aliphatic carbocycles. The molecule has 0 aliphatic rings. The molecule has 0 aromatic heterocycles. The van der Waals surface area contributed by atoms with Crippen molar-refractivity contribution in [2.75, 3.05) is 20.6 Å². The molecule has 0 spiro atoms. The van der Waals surface area contributed by atoms with Crippen LogP contribution in [0.2, 0.25) is 0 Å². The molecule has 6 nitrogen and oxygen atoms in total. The van der Waals surface area contributed by atoms with Gasteiger partial charge in [-0.05, 0) is 48.9 Å². The van der Waals surface area contributed by atoms with Crippen molar-refractivity contribution in [3.63, 3.8) is 0 Å². The predicted octanol–water partition coefficient (Wildman–Crippen LogP) is 4.50. The summed E-state index contributed by atoms with van der Waals surface area (Å²) in [5.41, 5.74) is 3.45. The average Bonchev–Trinajstić information content (AvgIpc) is 2.85. The number of amides is 2. The normalized spacial score (nSPS) is 10.2. The second kappa shape index (κ2) is 11.0. The Hall–Kier alpha value is -4.11. The van der Waals surface area contributed by atoms with Crippen LogP contribution >= 0.6 is 0 Å². The zero-order valence-corrected chi connectivity index (χ0v) is 19.1. The number of hydrogen-bond acceptors (Lipinski definition) is 4. The summed E-state index contributed by atoms with van der Waals surface area (Å²) in [6, 6.07) is 23.8. The third-order valence-corrected chi connectivity index (χ3v) is 5.26. The Morgan fingerprint density at radius 1 is 0.909 bits per heavy atom. The van der Waals surface area contributed by atoms with Crippen molar-refractivity contribution < 1.29 is 14.3 Å². The molecule has 0 atom stereocenters. The second-order valence-corrected chi connectivity index (χ2v) is 7.80. The molecule has 0 heterocycles. The van der Waals surface area contributed by atoms with Gasteiger partial charge in [-0.15, -0.1) is 0 Å². The Morgan fingerprint density at radius 3 is 2.30 bits per heavy atom. The molecule has 2 amide bonds. The fourth-order valence-corrected chi connectivity index (χ4v) is 3.38. The van der Waals surface area contributed by atoms with Crippen LogP contribution in [-0.4, -0.2) is 42.3 Å². The Balaban J connectivity index is 1.69. The van der Waals surface area contributed by atoms with Gasteiger partial charge in [0, 0.05) is 43.9 Å². The van der Waals surface area contributed by atoms with Crippen LogP contribution in [0.5, 0.6) is 5.75 Å². The summed E-state index contributed by atoms with van der Waals surface area (Å²) in [5, 5.41) is 9.23. The van der Waals surface area contributed by atoms with E-state index in [0.29, 0.717) is 35.5 Å². The summed E-state index contributed by atoms with van der Waals surface area (Å²) in [4.78, 5) is 28.5. The quantitative estimate of drug-likeness (QED) is 0.516. The van der Waals surface area contributed by atoms with Gasteiger partial charge in [-0.1, -0.05) is 36.4 Å². The molecule has 6 heteroatoms. The van der Waals surface area contributed by atoms with E-state index < -0.39 is 0 Å². The van der Waals surface area contributed by atoms with Gasteiger partial charge in [0.15, 0.2) is 0 Å². The first-order valence-corrected chi connectivity index (χ1v) is 10.7. The molecule has 168 valence electrons. The van der Waals surface area contributed by atoms with Crippen LogP contribution < -0.4 is 4.74 Å². The van der Waals surface area contributed by atoms with Crippen LogP contribution in [-0.2, 0) is 13.2 Å². The lowest BCUT2D eigenvalue weighted by molar-refractivity contribution is 0.0751. The van der Waals surface area contributed by atoms with Crippen molar-refractivity contribution in [1.82, 2.24) is 9.80 Å². The lowest BCUT2D eigenvalue weighted by Crippen LogP contribution is -2.30. The topological polar surface area (TPSA) is 73.6 Å². The standard InChI is InChI=1S/C27H27N3O3/c1-4-30(18-20-12-14-21(15-13-20)26(31)29(2)3)27(32)22-10-7-11-25(16-22)33-19-24-9-6-5-8-23(24)17-28/h5-16H,4,18-19H2,1-3H3. The molecule has 0 saturated heterocycles. The monoisotopic (exact) mass is 441 g/mol. The number of rotatable bonds is 8. The zero-order chi connectivity index (χ0) is 23.8. The summed E-state index contributed by atoms with van der Waals surface area (Å²) in [6.07, 6.45) is 0. The van der Waals surface area contributed by atoms with Gasteiger partial charge >= 0.3 is 0 Å². The van der Waals surface area contributed by atoms with E-state index >= 15 is 0 Å². The maximum absolute atomic E-state index is 13.1. The Bertz CT molecular complexity index is 1160. The van der Waals surface area contributed by atoms with Gasteiger partial charge < -0.3 is 14.5 Å². The van der Waals surface area contributed by atoms with E-state index in [-0.39, 0.29) is 18.4 Å². The van der Waals surface area contributed by atoms with Crippen LogP contribution in [0.3, 0.4) is 0 Å². The van der Waals surface area contributed by atoms with E-state index in [1.807, 2.05) is 37.3 Å². The highest BCUT2D eigenvalue weighted by Crippen LogP contribution is 2.19. The molecule has 3 rings (SSSR count). The van der Waals surface area contributed by atoms with E-state index in [4.69, 9.17) is 4.74 Å². The minimum Gasteiger partial charge on any atom is -0.489 e. The van der Waals surface area contributed by atoms with Gasteiger partial charge in [0.1, 0.15) is 12.4 Å². The van der Waals surface area contributed by atoms with Crippen molar-refractivity contribution in [2.24, 2.45) is 0 Å². The smallest absolute Gasteiger partial charge is 0.254 e. The molecule has 33 heavy (non-hydrogen) atoms.